The van der Waals surface area contributed by atoms with Crippen molar-refractivity contribution in [3.8, 4) is 11.1 Å². The van der Waals surface area contributed by atoms with Gasteiger partial charge in [-0.2, -0.15) is 0 Å². The van der Waals surface area contributed by atoms with Gasteiger partial charge >= 0.3 is 6.09 Å². The average Bonchev–Trinajstić information content (AvgIpc) is 2.81. The Balaban J connectivity index is 2.00. The monoisotopic (exact) mass is 283 g/mol. The fraction of sp³-hybridized carbons (Fsp3) is 0.235. The van der Waals surface area contributed by atoms with E-state index in [4.69, 9.17) is 5.11 Å². The molecule has 4 nitrogen and oxygen atoms in total. The predicted molar refractivity (Wildman–Crippen MR) is 80.4 cm³/mol. The molecule has 4 heteroatoms. The smallest absolute Gasteiger partial charge is 0.407 e. The number of carboxylic acid groups (broad SMARTS) is 1. The summed E-state index contributed by atoms with van der Waals surface area (Å²) in [6.07, 6.45) is -0.995. The first-order chi connectivity index (χ1) is 10.2. The Morgan fingerprint density at radius 3 is 2.00 bits per heavy atom. The van der Waals surface area contributed by atoms with E-state index in [0.29, 0.717) is 6.54 Å². The SMILES string of the molecule is O=C(O)N(CCO)CC1c2ccccc2-c2ccccc21. The molecule has 0 saturated heterocycles. The van der Waals surface area contributed by atoms with Gasteiger partial charge in [-0.15, -0.1) is 0 Å². The standard InChI is InChI=1S/C17H17NO3/c19-10-9-18(17(20)21)11-16-14-7-3-1-5-12(14)13-6-2-4-8-15(13)16/h1-8,16,19H,9-11H2,(H,20,21). The molecule has 2 aromatic carbocycles. The van der Waals surface area contributed by atoms with E-state index in [1.165, 1.54) is 16.0 Å². The predicted octanol–water partition coefficient (Wildman–Crippen LogP) is 2.77. The highest BCUT2D eigenvalue weighted by atomic mass is 16.4. The molecule has 0 heterocycles. The molecule has 21 heavy (non-hydrogen) atoms. The van der Waals surface area contributed by atoms with E-state index < -0.39 is 6.09 Å². The summed E-state index contributed by atoms with van der Waals surface area (Å²) in [4.78, 5) is 12.6. The van der Waals surface area contributed by atoms with Crippen molar-refractivity contribution in [1.82, 2.24) is 4.90 Å². The summed E-state index contributed by atoms with van der Waals surface area (Å²) in [7, 11) is 0. The Morgan fingerprint density at radius 1 is 1.00 bits per heavy atom. The molecule has 2 N–H and O–H groups in total. The fourth-order valence-electron chi connectivity index (χ4n) is 3.06. The fourth-order valence-corrected chi connectivity index (χ4v) is 3.06. The molecule has 0 fully saturated rings. The summed E-state index contributed by atoms with van der Waals surface area (Å²) in [5.74, 6) is 0.0278. The van der Waals surface area contributed by atoms with E-state index in [9.17, 15) is 9.90 Å². The maximum atomic E-state index is 11.3. The Kier molecular flexibility index (Phi) is 3.62. The van der Waals surface area contributed by atoms with Crippen molar-refractivity contribution >= 4 is 6.09 Å². The topological polar surface area (TPSA) is 60.8 Å². The Labute approximate surface area is 123 Å². The summed E-state index contributed by atoms with van der Waals surface area (Å²) in [5.41, 5.74) is 4.66. The summed E-state index contributed by atoms with van der Waals surface area (Å²) in [6, 6.07) is 16.2. The van der Waals surface area contributed by atoms with Crippen LogP contribution >= 0.6 is 0 Å². The summed E-state index contributed by atoms with van der Waals surface area (Å²) in [6.45, 7) is 0.336. The van der Waals surface area contributed by atoms with Crippen molar-refractivity contribution in [2.45, 2.75) is 5.92 Å². The molecule has 0 saturated carbocycles. The van der Waals surface area contributed by atoms with Crippen LogP contribution in [0.5, 0.6) is 0 Å². The number of benzene rings is 2. The maximum Gasteiger partial charge on any atom is 0.407 e. The summed E-state index contributed by atoms with van der Waals surface area (Å²) >= 11 is 0. The van der Waals surface area contributed by atoms with Crippen LogP contribution in [-0.4, -0.2) is 40.9 Å². The van der Waals surface area contributed by atoms with Gasteiger partial charge < -0.3 is 15.1 Å². The minimum absolute atomic E-state index is 0.0278. The van der Waals surface area contributed by atoms with E-state index in [1.807, 2.05) is 24.3 Å². The lowest BCUT2D eigenvalue weighted by Crippen LogP contribution is -2.35. The van der Waals surface area contributed by atoms with Gasteiger partial charge in [0.2, 0.25) is 0 Å². The lowest BCUT2D eigenvalue weighted by atomic mass is 9.96. The number of rotatable bonds is 4. The third kappa shape index (κ3) is 2.38. The van der Waals surface area contributed by atoms with E-state index in [1.54, 1.807) is 0 Å². The normalized spacial score (nSPS) is 12.8. The third-order valence-corrected chi connectivity index (χ3v) is 4.01. The zero-order chi connectivity index (χ0) is 14.8. The molecule has 0 spiro atoms. The van der Waals surface area contributed by atoms with Crippen molar-refractivity contribution in [3.63, 3.8) is 0 Å². The molecular formula is C17H17NO3. The summed E-state index contributed by atoms with van der Waals surface area (Å²) in [5, 5.41) is 18.3. The molecule has 0 unspecified atom stereocenters. The van der Waals surface area contributed by atoms with Gasteiger partial charge in [-0.05, 0) is 22.3 Å². The average molecular weight is 283 g/mol. The van der Waals surface area contributed by atoms with Crippen molar-refractivity contribution in [1.29, 1.82) is 0 Å². The molecular weight excluding hydrogens is 266 g/mol. The molecule has 1 amide bonds. The van der Waals surface area contributed by atoms with Gasteiger partial charge in [-0.3, -0.25) is 0 Å². The van der Waals surface area contributed by atoms with Gasteiger partial charge in [0.25, 0.3) is 0 Å². The molecule has 0 aromatic heterocycles. The number of hydrogen-bond acceptors (Lipinski definition) is 2. The number of nitrogens with zero attached hydrogens (tertiary/aromatic N) is 1. The highest BCUT2D eigenvalue weighted by molar-refractivity contribution is 5.79. The van der Waals surface area contributed by atoms with Crippen molar-refractivity contribution < 1.29 is 15.0 Å². The minimum atomic E-state index is -0.995. The molecule has 108 valence electrons. The second-order valence-electron chi connectivity index (χ2n) is 5.18. The van der Waals surface area contributed by atoms with Crippen LogP contribution in [0.15, 0.2) is 48.5 Å². The first-order valence-electron chi connectivity index (χ1n) is 6.99. The van der Waals surface area contributed by atoms with Crippen molar-refractivity contribution in [2.75, 3.05) is 19.7 Å². The number of fused-ring (bicyclic) bond motifs is 3. The first-order valence-corrected chi connectivity index (χ1v) is 6.99. The van der Waals surface area contributed by atoms with E-state index >= 15 is 0 Å². The lowest BCUT2D eigenvalue weighted by Gasteiger charge is -2.23. The number of aliphatic hydroxyl groups is 1. The minimum Gasteiger partial charge on any atom is -0.465 e. The molecule has 0 radical (unpaired) electrons. The van der Waals surface area contributed by atoms with Gasteiger partial charge in [0.1, 0.15) is 0 Å². The van der Waals surface area contributed by atoms with Crippen LogP contribution in [0.2, 0.25) is 0 Å². The van der Waals surface area contributed by atoms with Gasteiger partial charge in [-0.25, -0.2) is 4.79 Å². The molecule has 1 aliphatic rings. The Hall–Kier alpha value is -2.33. The van der Waals surface area contributed by atoms with Crippen LogP contribution in [0.25, 0.3) is 11.1 Å². The Morgan fingerprint density at radius 2 is 1.52 bits per heavy atom. The second-order valence-corrected chi connectivity index (χ2v) is 5.18. The highest BCUT2D eigenvalue weighted by Crippen LogP contribution is 2.44. The van der Waals surface area contributed by atoms with Crippen LogP contribution in [0.4, 0.5) is 4.79 Å². The van der Waals surface area contributed by atoms with Gasteiger partial charge in [0.05, 0.1) is 6.61 Å². The lowest BCUT2D eigenvalue weighted by molar-refractivity contribution is 0.130. The number of hydrogen-bond donors (Lipinski definition) is 2. The quantitative estimate of drug-likeness (QED) is 0.907. The van der Waals surface area contributed by atoms with Crippen LogP contribution in [0.3, 0.4) is 0 Å². The van der Waals surface area contributed by atoms with Gasteiger partial charge in [0.15, 0.2) is 0 Å². The zero-order valence-electron chi connectivity index (χ0n) is 11.6. The first kappa shape index (κ1) is 13.6. The van der Waals surface area contributed by atoms with Crippen LogP contribution in [0, 0.1) is 0 Å². The van der Waals surface area contributed by atoms with Crippen LogP contribution in [-0.2, 0) is 0 Å². The molecule has 2 aromatic rings. The summed E-state index contributed by atoms with van der Waals surface area (Å²) < 4.78 is 0. The maximum absolute atomic E-state index is 11.3. The molecule has 3 rings (SSSR count). The molecule has 1 aliphatic carbocycles. The van der Waals surface area contributed by atoms with Gasteiger partial charge in [-0.1, -0.05) is 48.5 Å². The highest BCUT2D eigenvalue weighted by Gasteiger charge is 2.30. The second kappa shape index (κ2) is 5.58. The number of carbonyl (C=O) groups is 1. The number of amides is 1. The van der Waals surface area contributed by atoms with Crippen LogP contribution in [0.1, 0.15) is 17.0 Å². The van der Waals surface area contributed by atoms with E-state index in [2.05, 4.69) is 24.3 Å². The van der Waals surface area contributed by atoms with E-state index in [0.717, 1.165) is 11.1 Å². The molecule has 0 bridgehead atoms. The third-order valence-electron chi connectivity index (χ3n) is 4.01. The van der Waals surface area contributed by atoms with Crippen molar-refractivity contribution in [3.05, 3.63) is 59.7 Å². The van der Waals surface area contributed by atoms with Crippen LogP contribution < -0.4 is 0 Å². The van der Waals surface area contributed by atoms with Crippen molar-refractivity contribution in [2.24, 2.45) is 0 Å². The molecule has 0 aliphatic heterocycles. The van der Waals surface area contributed by atoms with Gasteiger partial charge in [0, 0.05) is 19.0 Å². The van der Waals surface area contributed by atoms with E-state index in [-0.39, 0.29) is 19.1 Å². The number of aliphatic hydroxyl groups excluding tert-OH is 1. The Bertz CT molecular complexity index is 623. The largest absolute Gasteiger partial charge is 0.465 e. The molecule has 0 atom stereocenters. The zero-order valence-corrected chi connectivity index (χ0v) is 11.6.